The van der Waals surface area contributed by atoms with Crippen molar-refractivity contribution in [1.82, 2.24) is 26.3 Å². The summed E-state index contributed by atoms with van der Waals surface area (Å²) in [6.07, 6.45) is -1.81. The Morgan fingerprint density at radius 1 is 0.547 bits per heavy atom. The second kappa shape index (κ2) is 16.7. The molecule has 0 aromatic carbocycles. The fraction of sp³-hybridized carbons (Fsp3) is 0.743. The first-order valence-electron chi connectivity index (χ1n) is 17.7. The summed E-state index contributed by atoms with van der Waals surface area (Å²) in [5.74, 6) is 0.489. The zero-order chi connectivity index (χ0) is 40.3. The third-order valence-electron chi connectivity index (χ3n) is 7.46. The lowest BCUT2D eigenvalue weighted by atomic mass is 10.00. The van der Waals surface area contributed by atoms with Gasteiger partial charge < -0.3 is 55.7 Å². The predicted molar refractivity (Wildman–Crippen MR) is 205 cm³/mol. The standard InChI is InChI=1S/C35H58Cl2N8O8/c1-32(2,3)50-28(46)39-19-13-20(40-29(47)51-33(4,5)6)16-44(15-19)26-23(36)25(38)24(37)27(43-26)45-17-21(41-30(48)52-34(7,8)9)14-22(18-45)42-31(49)53-35(10,11)12/h19-22H,13-18H2,1-12H3,(H2,38,43)(H,39,46)(H,40,47)(H,41,48)(H,42,49). The number of nitrogens with zero attached hydrogens (tertiary/aromatic N) is 3. The Bertz CT molecular complexity index is 1320. The molecule has 1 aromatic rings. The molecule has 3 rings (SSSR count). The number of hydrogen-bond acceptors (Lipinski definition) is 12. The van der Waals surface area contributed by atoms with Crippen molar-refractivity contribution in [3.05, 3.63) is 10.0 Å². The lowest BCUT2D eigenvalue weighted by Crippen LogP contribution is -2.59. The summed E-state index contributed by atoms with van der Waals surface area (Å²) in [4.78, 5) is 59.9. The Morgan fingerprint density at radius 2 is 0.774 bits per heavy atom. The number of anilines is 3. The van der Waals surface area contributed by atoms with Gasteiger partial charge in [-0.3, -0.25) is 0 Å². The van der Waals surface area contributed by atoms with E-state index in [4.69, 9.17) is 52.9 Å². The maximum atomic E-state index is 12.9. The van der Waals surface area contributed by atoms with Crippen LogP contribution in [-0.2, 0) is 18.9 Å². The molecule has 0 spiro atoms. The summed E-state index contributed by atoms with van der Waals surface area (Å²) < 4.78 is 22.0. The number of hydrogen-bond donors (Lipinski definition) is 5. The van der Waals surface area contributed by atoms with Crippen LogP contribution in [0.3, 0.4) is 0 Å². The monoisotopic (exact) mass is 788 g/mol. The Hall–Kier alpha value is -3.79. The molecule has 0 aliphatic carbocycles. The number of carbonyl (C=O) groups is 4. The van der Waals surface area contributed by atoms with E-state index < -0.39 is 70.9 Å². The van der Waals surface area contributed by atoms with E-state index >= 15 is 0 Å². The van der Waals surface area contributed by atoms with Gasteiger partial charge in [0.1, 0.15) is 32.4 Å². The average molecular weight is 790 g/mol. The van der Waals surface area contributed by atoms with Crippen LogP contribution < -0.4 is 36.8 Å². The minimum atomic E-state index is -0.738. The van der Waals surface area contributed by atoms with E-state index in [1.165, 1.54) is 0 Å². The van der Waals surface area contributed by atoms with Gasteiger partial charge in [0.15, 0.2) is 11.6 Å². The van der Waals surface area contributed by atoms with Gasteiger partial charge >= 0.3 is 24.4 Å². The number of nitrogens with one attached hydrogen (secondary N) is 4. The topological polar surface area (TPSA) is 199 Å². The van der Waals surface area contributed by atoms with Gasteiger partial charge in [-0.2, -0.15) is 0 Å². The summed E-state index contributed by atoms with van der Waals surface area (Å²) in [5, 5.41) is 11.7. The van der Waals surface area contributed by atoms with Crippen LogP contribution in [0.1, 0.15) is 95.9 Å². The van der Waals surface area contributed by atoms with E-state index in [0.29, 0.717) is 12.8 Å². The van der Waals surface area contributed by atoms with Gasteiger partial charge in [-0.1, -0.05) is 23.2 Å². The van der Waals surface area contributed by atoms with Gasteiger partial charge in [-0.25, -0.2) is 24.2 Å². The van der Waals surface area contributed by atoms with E-state index in [0.717, 1.165) is 0 Å². The number of carbonyl (C=O) groups excluding carboxylic acids is 4. The molecule has 2 saturated heterocycles. The fourth-order valence-electron chi connectivity index (χ4n) is 5.81. The van der Waals surface area contributed by atoms with E-state index in [1.807, 2.05) is 0 Å². The van der Waals surface area contributed by atoms with Crippen molar-refractivity contribution in [3.8, 4) is 0 Å². The van der Waals surface area contributed by atoms with Crippen molar-refractivity contribution < 1.29 is 38.1 Å². The molecule has 4 unspecified atom stereocenters. The minimum Gasteiger partial charge on any atom is -0.444 e. The number of nitrogen functional groups attached to an aromatic ring is 1. The van der Waals surface area contributed by atoms with E-state index in [-0.39, 0.29) is 53.5 Å². The van der Waals surface area contributed by atoms with Crippen molar-refractivity contribution in [2.75, 3.05) is 41.7 Å². The maximum Gasteiger partial charge on any atom is 0.407 e. The highest BCUT2D eigenvalue weighted by molar-refractivity contribution is 6.41. The van der Waals surface area contributed by atoms with Gasteiger partial charge in [0.25, 0.3) is 0 Å². The number of aromatic nitrogens is 1. The van der Waals surface area contributed by atoms with Crippen LogP contribution in [0.5, 0.6) is 0 Å². The largest absolute Gasteiger partial charge is 0.444 e. The van der Waals surface area contributed by atoms with E-state index in [1.54, 1.807) is 92.9 Å². The number of alkyl carbamates (subject to hydrolysis) is 4. The molecule has 16 nitrogen and oxygen atoms in total. The molecule has 0 radical (unpaired) electrons. The zero-order valence-electron chi connectivity index (χ0n) is 33.0. The Kier molecular flexibility index (Phi) is 13.7. The number of piperidine rings is 2. The minimum absolute atomic E-state index is 0.0473. The molecule has 2 fully saturated rings. The molecule has 6 N–H and O–H groups in total. The molecule has 53 heavy (non-hydrogen) atoms. The number of nitrogens with two attached hydrogens (primary N) is 1. The summed E-state index contributed by atoms with van der Waals surface area (Å²) in [6, 6.07) is -2.07. The highest BCUT2D eigenvalue weighted by atomic mass is 35.5. The van der Waals surface area contributed by atoms with Crippen molar-refractivity contribution in [2.45, 2.75) is 142 Å². The van der Waals surface area contributed by atoms with Crippen LogP contribution in [0.4, 0.5) is 36.5 Å². The van der Waals surface area contributed by atoms with Gasteiger partial charge in [0.05, 0.1) is 29.9 Å². The lowest BCUT2D eigenvalue weighted by molar-refractivity contribution is 0.0452. The summed E-state index contributed by atoms with van der Waals surface area (Å²) in [6.45, 7) is 22.0. The summed E-state index contributed by atoms with van der Waals surface area (Å²) in [5.41, 5.74) is 3.61. The molecule has 4 amide bonds. The van der Waals surface area contributed by atoms with E-state index in [9.17, 15) is 19.2 Å². The molecule has 4 atom stereocenters. The third kappa shape index (κ3) is 14.5. The first-order chi connectivity index (χ1) is 24.1. The molecule has 2 aliphatic heterocycles. The molecule has 300 valence electrons. The van der Waals surface area contributed by atoms with Gasteiger partial charge in [0.2, 0.25) is 0 Å². The zero-order valence-corrected chi connectivity index (χ0v) is 34.5. The van der Waals surface area contributed by atoms with Crippen LogP contribution in [0.2, 0.25) is 10.0 Å². The molecule has 3 heterocycles. The molecular weight excluding hydrogens is 731 g/mol. The molecule has 18 heteroatoms. The van der Waals surface area contributed by atoms with Crippen LogP contribution in [0.25, 0.3) is 0 Å². The van der Waals surface area contributed by atoms with Crippen LogP contribution >= 0.6 is 23.2 Å². The molecule has 2 aliphatic rings. The van der Waals surface area contributed by atoms with Crippen LogP contribution in [0, 0.1) is 0 Å². The lowest BCUT2D eigenvalue weighted by Gasteiger charge is -2.41. The Labute approximate surface area is 322 Å². The molecule has 1 aromatic heterocycles. The average Bonchev–Trinajstić information content (AvgIpc) is 2.91. The van der Waals surface area contributed by atoms with Gasteiger partial charge in [0, 0.05) is 26.2 Å². The summed E-state index contributed by atoms with van der Waals surface area (Å²) >= 11 is 13.7. The van der Waals surface area contributed by atoms with Gasteiger partial charge in [-0.05, 0) is 95.9 Å². The highest BCUT2D eigenvalue weighted by Crippen LogP contribution is 2.42. The van der Waals surface area contributed by atoms with Crippen molar-refractivity contribution >= 4 is 64.9 Å². The highest BCUT2D eigenvalue weighted by Gasteiger charge is 2.37. The second-order valence-electron chi connectivity index (χ2n) is 17.5. The fourth-order valence-corrected chi connectivity index (χ4v) is 6.37. The number of halogens is 2. The van der Waals surface area contributed by atoms with Crippen LogP contribution in [-0.4, -0.2) is 102 Å². The van der Waals surface area contributed by atoms with E-state index in [2.05, 4.69) is 21.3 Å². The number of pyridine rings is 1. The van der Waals surface area contributed by atoms with Crippen molar-refractivity contribution in [3.63, 3.8) is 0 Å². The Balaban J connectivity index is 2.00. The Morgan fingerprint density at radius 3 is 0.981 bits per heavy atom. The van der Waals surface area contributed by atoms with Crippen molar-refractivity contribution in [2.24, 2.45) is 0 Å². The first kappa shape index (κ1) is 43.6. The smallest absolute Gasteiger partial charge is 0.407 e. The molecule has 0 saturated carbocycles. The quantitative estimate of drug-likeness (QED) is 0.212. The number of amides is 4. The van der Waals surface area contributed by atoms with Gasteiger partial charge in [-0.15, -0.1) is 0 Å². The molecule has 0 bridgehead atoms. The number of rotatable bonds is 6. The van der Waals surface area contributed by atoms with Crippen LogP contribution in [0.15, 0.2) is 0 Å². The van der Waals surface area contributed by atoms with Crippen molar-refractivity contribution in [1.29, 1.82) is 0 Å². The predicted octanol–water partition coefficient (Wildman–Crippen LogP) is 5.96. The second-order valence-corrected chi connectivity index (χ2v) is 18.2. The first-order valence-corrected chi connectivity index (χ1v) is 18.5. The maximum absolute atomic E-state index is 12.9. The SMILES string of the molecule is CC(C)(C)OC(=O)NC1CC(NC(=O)OC(C)(C)C)CN(c2nc(N3CC(NC(=O)OC(C)(C)C)CC(NC(=O)OC(C)(C)C)C3)c(Cl)c(N)c2Cl)C1. The molecular formula is C35H58Cl2N8O8. The third-order valence-corrected chi connectivity index (χ3v) is 8.21. The normalized spacial score (nSPS) is 21.2. The number of ether oxygens (including phenoxy) is 4. The summed E-state index contributed by atoms with van der Waals surface area (Å²) in [7, 11) is 0.